The van der Waals surface area contributed by atoms with Gasteiger partial charge in [-0.3, -0.25) is 9.78 Å². The van der Waals surface area contributed by atoms with Crippen LogP contribution < -0.4 is 10.6 Å². The fourth-order valence-corrected chi connectivity index (χ4v) is 4.38. The fourth-order valence-electron chi connectivity index (χ4n) is 3.59. The van der Waals surface area contributed by atoms with E-state index in [0.29, 0.717) is 11.3 Å². The predicted octanol–water partition coefficient (Wildman–Crippen LogP) is 7.37. The summed E-state index contributed by atoms with van der Waals surface area (Å²) in [5.74, 6) is -0.513. The van der Waals surface area contributed by atoms with Crippen molar-refractivity contribution in [3.8, 4) is 11.3 Å². The van der Waals surface area contributed by atoms with E-state index in [1.165, 1.54) is 23.5 Å². The standard InChI is InChI=1S/C26H17F3N4OS/c27-26(28,29)18-4-2-6-20(14-18)32-24(34)17-3-1-5-19(13-17)31-23-15-22(16-7-10-30-11-8-16)33-25-21(23)9-12-35-25/h1-15H,(H,31,33)(H,32,34). The van der Waals surface area contributed by atoms with Gasteiger partial charge in [-0.2, -0.15) is 13.2 Å². The van der Waals surface area contributed by atoms with Gasteiger partial charge in [0, 0.05) is 40.3 Å². The molecule has 0 radical (unpaired) electrons. The molecule has 0 spiro atoms. The van der Waals surface area contributed by atoms with Crippen LogP contribution in [0.2, 0.25) is 0 Å². The third kappa shape index (κ3) is 4.99. The number of hydrogen-bond donors (Lipinski definition) is 2. The Morgan fingerprint density at radius 2 is 1.66 bits per heavy atom. The second kappa shape index (κ2) is 9.19. The Morgan fingerprint density at radius 3 is 2.46 bits per heavy atom. The van der Waals surface area contributed by atoms with E-state index in [9.17, 15) is 18.0 Å². The Bertz CT molecular complexity index is 1520. The van der Waals surface area contributed by atoms with Gasteiger partial charge >= 0.3 is 6.18 Å². The molecule has 35 heavy (non-hydrogen) atoms. The van der Waals surface area contributed by atoms with Gasteiger partial charge in [0.25, 0.3) is 5.91 Å². The minimum absolute atomic E-state index is 0.0688. The number of nitrogens with one attached hydrogen (secondary N) is 2. The van der Waals surface area contributed by atoms with Gasteiger partial charge in [-0.25, -0.2) is 4.98 Å². The highest BCUT2D eigenvalue weighted by Crippen LogP contribution is 2.34. The maximum atomic E-state index is 13.0. The van der Waals surface area contributed by atoms with E-state index in [4.69, 9.17) is 4.98 Å². The summed E-state index contributed by atoms with van der Waals surface area (Å²) >= 11 is 1.52. The first-order chi connectivity index (χ1) is 16.9. The largest absolute Gasteiger partial charge is 0.416 e. The van der Waals surface area contributed by atoms with Gasteiger partial charge in [0.2, 0.25) is 0 Å². The first-order valence-corrected chi connectivity index (χ1v) is 11.4. The average Bonchev–Trinajstić information content (AvgIpc) is 3.34. The number of anilines is 3. The molecule has 5 aromatic rings. The molecule has 0 bridgehead atoms. The number of nitrogens with zero attached hydrogens (tertiary/aromatic N) is 2. The number of alkyl halides is 3. The third-order valence-electron chi connectivity index (χ3n) is 5.27. The summed E-state index contributed by atoms with van der Waals surface area (Å²) in [6.45, 7) is 0. The highest BCUT2D eigenvalue weighted by molar-refractivity contribution is 7.16. The van der Waals surface area contributed by atoms with Crippen molar-refractivity contribution in [3.63, 3.8) is 0 Å². The van der Waals surface area contributed by atoms with Crippen molar-refractivity contribution in [2.75, 3.05) is 10.6 Å². The maximum Gasteiger partial charge on any atom is 0.416 e. The van der Waals surface area contributed by atoms with E-state index in [-0.39, 0.29) is 5.69 Å². The normalized spacial score (nSPS) is 11.4. The molecule has 0 fully saturated rings. The highest BCUT2D eigenvalue weighted by atomic mass is 32.1. The molecule has 0 atom stereocenters. The van der Waals surface area contributed by atoms with E-state index in [2.05, 4.69) is 15.6 Å². The summed E-state index contributed by atoms with van der Waals surface area (Å²) in [5.41, 5.74) is 2.72. The summed E-state index contributed by atoms with van der Waals surface area (Å²) < 4.78 is 39.0. The zero-order chi connectivity index (χ0) is 24.4. The van der Waals surface area contributed by atoms with Gasteiger partial charge in [-0.15, -0.1) is 11.3 Å². The summed E-state index contributed by atoms with van der Waals surface area (Å²) in [6.07, 6.45) is -1.08. The third-order valence-corrected chi connectivity index (χ3v) is 6.07. The molecule has 3 aromatic heterocycles. The van der Waals surface area contributed by atoms with Crippen molar-refractivity contribution in [1.29, 1.82) is 0 Å². The van der Waals surface area contributed by atoms with Crippen LogP contribution in [0.3, 0.4) is 0 Å². The molecule has 5 rings (SSSR count). The number of thiophene rings is 1. The molecule has 2 aromatic carbocycles. The van der Waals surface area contributed by atoms with Crippen molar-refractivity contribution < 1.29 is 18.0 Å². The lowest BCUT2D eigenvalue weighted by atomic mass is 10.1. The lowest BCUT2D eigenvalue weighted by molar-refractivity contribution is -0.137. The average molecular weight is 491 g/mol. The van der Waals surface area contributed by atoms with Crippen LogP contribution in [0.15, 0.2) is 90.6 Å². The smallest absolute Gasteiger partial charge is 0.355 e. The van der Waals surface area contributed by atoms with Crippen LogP contribution in [-0.2, 0) is 6.18 Å². The monoisotopic (exact) mass is 490 g/mol. The molecule has 9 heteroatoms. The topological polar surface area (TPSA) is 66.9 Å². The second-order valence-corrected chi connectivity index (χ2v) is 8.56. The number of halogens is 3. The molecule has 0 aliphatic heterocycles. The van der Waals surface area contributed by atoms with Crippen molar-refractivity contribution in [2.24, 2.45) is 0 Å². The Kier molecular flexibility index (Phi) is 5.92. The molecule has 1 amide bonds. The number of fused-ring (bicyclic) bond motifs is 1. The van der Waals surface area contributed by atoms with Crippen LogP contribution in [-0.4, -0.2) is 15.9 Å². The van der Waals surface area contributed by atoms with Crippen LogP contribution in [0.1, 0.15) is 15.9 Å². The van der Waals surface area contributed by atoms with Crippen molar-refractivity contribution in [3.05, 3.63) is 102 Å². The molecule has 0 saturated carbocycles. The molecule has 0 saturated heterocycles. The summed E-state index contributed by atoms with van der Waals surface area (Å²) in [5, 5.41) is 8.78. The maximum absolute atomic E-state index is 13.0. The molecule has 0 aliphatic carbocycles. The van der Waals surface area contributed by atoms with Crippen LogP contribution in [0.4, 0.5) is 30.2 Å². The Morgan fingerprint density at radius 1 is 0.886 bits per heavy atom. The number of carbonyl (C=O) groups excluding carboxylic acids is 1. The zero-order valence-corrected chi connectivity index (χ0v) is 18.8. The molecular weight excluding hydrogens is 473 g/mol. The molecule has 2 N–H and O–H groups in total. The number of pyridine rings is 2. The van der Waals surface area contributed by atoms with E-state index >= 15 is 0 Å². The number of aromatic nitrogens is 2. The van der Waals surface area contributed by atoms with Gasteiger partial charge in [0.15, 0.2) is 0 Å². The molecule has 5 nitrogen and oxygen atoms in total. The molecule has 3 heterocycles. The predicted molar refractivity (Wildman–Crippen MR) is 132 cm³/mol. The van der Waals surface area contributed by atoms with Gasteiger partial charge in [-0.1, -0.05) is 12.1 Å². The Labute approximate surface area is 202 Å². The first-order valence-electron chi connectivity index (χ1n) is 10.5. The van der Waals surface area contributed by atoms with Crippen molar-refractivity contribution in [2.45, 2.75) is 6.18 Å². The minimum Gasteiger partial charge on any atom is -0.355 e. The molecule has 0 aliphatic rings. The van der Waals surface area contributed by atoms with Gasteiger partial charge < -0.3 is 10.6 Å². The molecule has 0 unspecified atom stereocenters. The molecule has 174 valence electrons. The van der Waals surface area contributed by atoms with E-state index in [0.717, 1.165) is 39.3 Å². The van der Waals surface area contributed by atoms with Crippen molar-refractivity contribution in [1.82, 2.24) is 9.97 Å². The highest BCUT2D eigenvalue weighted by Gasteiger charge is 2.30. The van der Waals surface area contributed by atoms with Gasteiger partial charge in [-0.05, 0) is 66.0 Å². The summed E-state index contributed by atoms with van der Waals surface area (Å²) in [7, 11) is 0. The van der Waals surface area contributed by atoms with Gasteiger partial charge in [0.1, 0.15) is 4.83 Å². The second-order valence-electron chi connectivity index (χ2n) is 7.67. The molecular formula is C26H17F3N4OS. The van der Waals surface area contributed by atoms with E-state index in [1.807, 2.05) is 35.7 Å². The summed E-state index contributed by atoms with van der Waals surface area (Å²) in [4.78, 5) is 22.4. The Hall–Kier alpha value is -4.24. The van der Waals surface area contributed by atoms with Gasteiger partial charge in [0.05, 0.1) is 16.9 Å². The first kappa shape index (κ1) is 22.5. The minimum atomic E-state index is -4.49. The Balaban J connectivity index is 1.41. The fraction of sp³-hybridized carbons (Fsp3) is 0.0385. The zero-order valence-electron chi connectivity index (χ0n) is 18.0. The quantitative estimate of drug-likeness (QED) is 0.270. The van der Waals surface area contributed by atoms with Crippen LogP contribution in [0, 0.1) is 0 Å². The SMILES string of the molecule is O=C(Nc1cccc(C(F)(F)F)c1)c1cccc(Nc2cc(-c3ccncc3)nc3sccc23)c1. The van der Waals surface area contributed by atoms with Crippen LogP contribution >= 0.6 is 11.3 Å². The van der Waals surface area contributed by atoms with Crippen LogP contribution in [0.5, 0.6) is 0 Å². The number of hydrogen-bond acceptors (Lipinski definition) is 5. The number of amides is 1. The van der Waals surface area contributed by atoms with E-state index in [1.54, 1.807) is 30.6 Å². The number of benzene rings is 2. The summed E-state index contributed by atoms with van der Waals surface area (Å²) in [6, 6.07) is 19.0. The number of carbonyl (C=O) groups is 1. The van der Waals surface area contributed by atoms with Crippen molar-refractivity contribution >= 4 is 44.5 Å². The lowest BCUT2D eigenvalue weighted by Gasteiger charge is -2.12. The lowest BCUT2D eigenvalue weighted by Crippen LogP contribution is -2.13. The van der Waals surface area contributed by atoms with Crippen LogP contribution in [0.25, 0.3) is 21.5 Å². The van der Waals surface area contributed by atoms with E-state index < -0.39 is 17.6 Å². The number of rotatable bonds is 5.